The zero-order valence-corrected chi connectivity index (χ0v) is 12.2. The van der Waals surface area contributed by atoms with Crippen LogP contribution >= 0.6 is 0 Å². The van der Waals surface area contributed by atoms with Gasteiger partial charge in [-0.05, 0) is 54.1 Å². The Labute approximate surface area is 106 Å². The highest BCUT2D eigenvalue weighted by molar-refractivity contribution is 5.84. The molecule has 0 radical (unpaired) electrons. The van der Waals surface area contributed by atoms with Gasteiger partial charge in [0.1, 0.15) is 0 Å². The van der Waals surface area contributed by atoms with Crippen LogP contribution in [-0.2, 0) is 4.79 Å². The molecule has 0 aliphatic heterocycles. The fourth-order valence-corrected chi connectivity index (χ4v) is 1.90. The molecule has 0 fully saturated rings. The second-order valence-electron chi connectivity index (χ2n) is 5.44. The fourth-order valence-electron chi connectivity index (χ4n) is 1.90. The Kier molecular flexibility index (Phi) is 6.72. The summed E-state index contributed by atoms with van der Waals surface area (Å²) in [6.07, 6.45) is 1.73. The average molecular weight is 243 g/mol. The molecule has 0 aromatic heterocycles. The molecule has 0 aromatic rings. The SMILES string of the molecule is CCCNC(C)(CC(C)N(C)C(C)C)C(N)=O. The smallest absolute Gasteiger partial charge is 0.237 e. The summed E-state index contributed by atoms with van der Waals surface area (Å²) in [6.45, 7) is 11.2. The van der Waals surface area contributed by atoms with E-state index in [1.165, 1.54) is 0 Å². The van der Waals surface area contributed by atoms with Gasteiger partial charge in [0.15, 0.2) is 0 Å². The minimum atomic E-state index is -0.613. The van der Waals surface area contributed by atoms with E-state index in [4.69, 9.17) is 5.73 Å². The van der Waals surface area contributed by atoms with Crippen molar-refractivity contribution in [2.75, 3.05) is 13.6 Å². The summed E-state index contributed by atoms with van der Waals surface area (Å²) in [5.41, 5.74) is 4.90. The van der Waals surface area contributed by atoms with Crippen LogP contribution in [0.3, 0.4) is 0 Å². The van der Waals surface area contributed by atoms with Crippen molar-refractivity contribution in [1.29, 1.82) is 0 Å². The number of primary amides is 1. The molecule has 0 bridgehead atoms. The minimum Gasteiger partial charge on any atom is -0.368 e. The van der Waals surface area contributed by atoms with Crippen LogP contribution in [-0.4, -0.2) is 42.0 Å². The maximum absolute atomic E-state index is 11.6. The van der Waals surface area contributed by atoms with Crippen molar-refractivity contribution < 1.29 is 4.79 Å². The van der Waals surface area contributed by atoms with E-state index in [2.05, 4.69) is 45.0 Å². The average Bonchev–Trinajstić information content (AvgIpc) is 2.24. The zero-order valence-electron chi connectivity index (χ0n) is 12.2. The van der Waals surface area contributed by atoms with Gasteiger partial charge in [0.05, 0.1) is 5.54 Å². The Morgan fingerprint density at radius 3 is 2.29 bits per heavy atom. The van der Waals surface area contributed by atoms with Crippen molar-refractivity contribution >= 4 is 5.91 Å². The molecule has 3 N–H and O–H groups in total. The standard InChI is InChI=1S/C13H29N3O/c1-7-8-15-13(5,12(14)17)9-11(4)16(6)10(2)3/h10-11,15H,7-9H2,1-6H3,(H2,14,17). The van der Waals surface area contributed by atoms with E-state index in [-0.39, 0.29) is 5.91 Å². The first kappa shape index (κ1) is 16.4. The molecule has 0 aliphatic carbocycles. The van der Waals surface area contributed by atoms with Gasteiger partial charge >= 0.3 is 0 Å². The lowest BCUT2D eigenvalue weighted by atomic mass is 9.91. The van der Waals surface area contributed by atoms with Crippen LogP contribution in [0.1, 0.15) is 47.5 Å². The molecule has 4 nitrogen and oxygen atoms in total. The number of rotatable bonds is 8. The number of carbonyl (C=O) groups is 1. The van der Waals surface area contributed by atoms with E-state index in [0.717, 1.165) is 19.4 Å². The van der Waals surface area contributed by atoms with Gasteiger partial charge in [-0.3, -0.25) is 4.79 Å². The molecule has 0 saturated heterocycles. The van der Waals surface area contributed by atoms with Crippen LogP contribution < -0.4 is 11.1 Å². The first-order chi connectivity index (χ1) is 7.74. The molecule has 102 valence electrons. The van der Waals surface area contributed by atoms with Gasteiger partial charge in [-0.15, -0.1) is 0 Å². The molecular weight excluding hydrogens is 214 g/mol. The number of nitrogens with zero attached hydrogens (tertiary/aromatic N) is 1. The number of nitrogens with two attached hydrogens (primary N) is 1. The summed E-state index contributed by atoms with van der Waals surface area (Å²) in [7, 11) is 2.08. The van der Waals surface area contributed by atoms with Crippen LogP contribution in [0, 0.1) is 0 Å². The fraction of sp³-hybridized carbons (Fsp3) is 0.923. The Bertz CT molecular complexity index is 243. The number of nitrogens with one attached hydrogen (secondary N) is 1. The Morgan fingerprint density at radius 1 is 1.41 bits per heavy atom. The number of carbonyl (C=O) groups excluding carboxylic acids is 1. The van der Waals surface area contributed by atoms with Crippen molar-refractivity contribution in [3.63, 3.8) is 0 Å². The lowest BCUT2D eigenvalue weighted by molar-refractivity contribution is -0.124. The molecular formula is C13H29N3O. The first-order valence-electron chi connectivity index (χ1n) is 6.51. The van der Waals surface area contributed by atoms with Gasteiger partial charge < -0.3 is 16.0 Å². The topological polar surface area (TPSA) is 58.4 Å². The summed E-state index contributed by atoms with van der Waals surface area (Å²) < 4.78 is 0. The molecule has 0 spiro atoms. The molecule has 0 aliphatic rings. The van der Waals surface area contributed by atoms with Crippen molar-refractivity contribution in [3.05, 3.63) is 0 Å². The second kappa shape index (κ2) is 6.97. The van der Waals surface area contributed by atoms with Crippen LogP contribution in [0.2, 0.25) is 0 Å². The molecule has 0 saturated carbocycles. The van der Waals surface area contributed by atoms with Gasteiger partial charge in [0.2, 0.25) is 5.91 Å². The highest BCUT2D eigenvalue weighted by atomic mass is 16.1. The molecule has 2 unspecified atom stereocenters. The molecule has 0 rings (SSSR count). The summed E-state index contributed by atoms with van der Waals surface area (Å²) in [5, 5.41) is 3.27. The van der Waals surface area contributed by atoms with Crippen LogP contribution in [0.25, 0.3) is 0 Å². The quantitative estimate of drug-likeness (QED) is 0.676. The van der Waals surface area contributed by atoms with E-state index < -0.39 is 5.54 Å². The molecule has 0 aromatic carbocycles. The van der Waals surface area contributed by atoms with Gasteiger partial charge in [0.25, 0.3) is 0 Å². The predicted octanol–water partition coefficient (Wildman–Crippen LogP) is 1.35. The normalized spacial score (nSPS) is 17.2. The Hall–Kier alpha value is -0.610. The third-order valence-corrected chi connectivity index (χ3v) is 3.52. The molecule has 4 heteroatoms. The lowest BCUT2D eigenvalue weighted by Gasteiger charge is -2.36. The van der Waals surface area contributed by atoms with E-state index in [1.54, 1.807) is 0 Å². The monoisotopic (exact) mass is 243 g/mol. The number of hydrogen-bond acceptors (Lipinski definition) is 3. The summed E-state index contributed by atoms with van der Waals surface area (Å²) >= 11 is 0. The predicted molar refractivity (Wildman–Crippen MR) is 72.9 cm³/mol. The van der Waals surface area contributed by atoms with E-state index in [9.17, 15) is 4.79 Å². The van der Waals surface area contributed by atoms with Crippen LogP contribution in [0.15, 0.2) is 0 Å². The van der Waals surface area contributed by atoms with E-state index in [1.807, 2.05) is 6.92 Å². The van der Waals surface area contributed by atoms with Crippen molar-refractivity contribution in [2.45, 2.75) is 65.1 Å². The molecule has 2 atom stereocenters. The minimum absolute atomic E-state index is 0.269. The first-order valence-corrected chi connectivity index (χ1v) is 6.51. The van der Waals surface area contributed by atoms with Gasteiger partial charge in [0, 0.05) is 12.1 Å². The Morgan fingerprint density at radius 2 is 1.94 bits per heavy atom. The summed E-state index contributed by atoms with van der Waals surface area (Å²) in [6, 6.07) is 0.783. The maximum atomic E-state index is 11.6. The zero-order chi connectivity index (χ0) is 13.6. The molecule has 0 heterocycles. The molecule has 17 heavy (non-hydrogen) atoms. The number of hydrogen-bond donors (Lipinski definition) is 2. The Balaban J connectivity index is 4.59. The van der Waals surface area contributed by atoms with Gasteiger partial charge in [-0.2, -0.15) is 0 Å². The van der Waals surface area contributed by atoms with Crippen molar-refractivity contribution in [3.8, 4) is 0 Å². The second-order valence-corrected chi connectivity index (χ2v) is 5.44. The summed E-state index contributed by atoms with van der Waals surface area (Å²) in [4.78, 5) is 13.9. The van der Waals surface area contributed by atoms with Crippen molar-refractivity contribution in [2.24, 2.45) is 5.73 Å². The van der Waals surface area contributed by atoms with Crippen molar-refractivity contribution in [1.82, 2.24) is 10.2 Å². The largest absolute Gasteiger partial charge is 0.368 e. The summed E-state index contributed by atoms with van der Waals surface area (Å²) in [5.74, 6) is -0.269. The highest BCUT2D eigenvalue weighted by Gasteiger charge is 2.33. The van der Waals surface area contributed by atoms with E-state index >= 15 is 0 Å². The maximum Gasteiger partial charge on any atom is 0.237 e. The molecule has 1 amide bonds. The van der Waals surface area contributed by atoms with Crippen LogP contribution in [0.4, 0.5) is 0 Å². The highest BCUT2D eigenvalue weighted by Crippen LogP contribution is 2.17. The van der Waals surface area contributed by atoms with E-state index in [0.29, 0.717) is 12.1 Å². The van der Waals surface area contributed by atoms with Gasteiger partial charge in [-0.1, -0.05) is 6.92 Å². The van der Waals surface area contributed by atoms with Crippen LogP contribution in [0.5, 0.6) is 0 Å². The third kappa shape index (κ3) is 5.04. The lowest BCUT2D eigenvalue weighted by Crippen LogP contribution is -2.56. The van der Waals surface area contributed by atoms with Gasteiger partial charge in [-0.25, -0.2) is 0 Å². The third-order valence-electron chi connectivity index (χ3n) is 3.52. The number of amides is 1.